The molecule has 0 heterocycles. The van der Waals surface area contributed by atoms with Gasteiger partial charge in [-0.2, -0.15) is 0 Å². The largest absolute Gasteiger partial charge is 0.491 e. The lowest BCUT2D eigenvalue weighted by molar-refractivity contribution is 0.0696. The van der Waals surface area contributed by atoms with Gasteiger partial charge in [0, 0.05) is 11.3 Å². The third-order valence-electron chi connectivity index (χ3n) is 3.65. The second kappa shape index (κ2) is 10.4. The van der Waals surface area contributed by atoms with Crippen molar-refractivity contribution in [1.29, 1.82) is 0 Å². The second-order valence-corrected chi connectivity index (χ2v) is 6.41. The van der Waals surface area contributed by atoms with E-state index in [1.807, 2.05) is 39.8 Å². The van der Waals surface area contributed by atoms with E-state index in [4.69, 9.17) is 9.84 Å². The van der Waals surface area contributed by atoms with Gasteiger partial charge in [-0.1, -0.05) is 27.7 Å². The normalized spacial score (nSPS) is 10.2. The summed E-state index contributed by atoms with van der Waals surface area (Å²) in [5.74, 6) is -0.245. The highest BCUT2D eigenvalue weighted by atomic mass is 16.5. The molecule has 5 nitrogen and oxygen atoms in total. The number of carbonyl (C=O) groups is 2. The lowest BCUT2D eigenvalue weighted by Crippen LogP contribution is -2.14. The number of benzene rings is 2. The van der Waals surface area contributed by atoms with Crippen LogP contribution in [0.1, 0.15) is 73.7 Å². The van der Waals surface area contributed by atoms with Crippen LogP contribution in [0.25, 0.3) is 0 Å². The first-order valence-corrected chi connectivity index (χ1v) is 9.23. The minimum absolute atomic E-state index is 0.0601. The van der Waals surface area contributed by atoms with Gasteiger partial charge in [0.2, 0.25) is 0 Å². The molecule has 2 rings (SSSR count). The van der Waals surface area contributed by atoms with Crippen LogP contribution in [0.15, 0.2) is 42.5 Å². The molecule has 2 aromatic rings. The average molecular weight is 371 g/mol. The molecule has 1 amide bonds. The van der Waals surface area contributed by atoms with Gasteiger partial charge >= 0.3 is 5.97 Å². The van der Waals surface area contributed by atoms with Crippen LogP contribution in [0.4, 0.5) is 5.69 Å². The Morgan fingerprint density at radius 2 is 1.48 bits per heavy atom. The molecule has 2 aromatic carbocycles. The van der Waals surface area contributed by atoms with E-state index in [2.05, 4.69) is 19.2 Å². The summed E-state index contributed by atoms with van der Waals surface area (Å²) < 4.78 is 5.81. The monoisotopic (exact) mass is 371 g/mol. The molecular formula is C22H29NO4. The Labute approximate surface area is 161 Å². The number of aromatic carboxylic acids is 1. The van der Waals surface area contributed by atoms with Gasteiger partial charge in [-0.25, -0.2) is 4.79 Å². The Morgan fingerprint density at radius 1 is 0.926 bits per heavy atom. The van der Waals surface area contributed by atoms with Crippen LogP contribution < -0.4 is 10.1 Å². The maximum absolute atomic E-state index is 12.5. The molecule has 0 fully saturated rings. The highest BCUT2D eigenvalue weighted by Gasteiger charge is 2.14. The van der Waals surface area contributed by atoms with Crippen molar-refractivity contribution in [2.24, 2.45) is 0 Å². The molecule has 0 aliphatic carbocycles. The SMILES string of the molecule is CC.CC(C)Oc1ccc(C(=O)Nc2ccc(C(=O)O)cc2)cc1C(C)C. The van der Waals surface area contributed by atoms with E-state index in [-0.39, 0.29) is 23.5 Å². The minimum atomic E-state index is -1.000. The fraction of sp³-hybridized carbons (Fsp3) is 0.364. The van der Waals surface area contributed by atoms with Crippen molar-refractivity contribution < 1.29 is 19.4 Å². The number of nitrogens with one attached hydrogen (secondary N) is 1. The van der Waals surface area contributed by atoms with Crippen molar-refractivity contribution in [2.45, 2.75) is 53.6 Å². The molecule has 0 saturated carbocycles. The van der Waals surface area contributed by atoms with E-state index in [9.17, 15) is 9.59 Å². The molecule has 0 radical (unpaired) electrons. The fourth-order valence-electron chi connectivity index (χ4n) is 2.40. The zero-order chi connectivity index (χ0) is 20.6. The van der Waals surface area contributed by atoms with Gasteiger partial charge in [-0.05, 0) is 67.8 Å². The van der Waals surface area contributed by atoms with Crippen molar-refractivity contribution in [1.82, 2.24) is 0 Å². The summed E-state index contributed by atoms with van der Waals surface area (Å²) >= 11 is 0. The maximum atomic E-state index is 12.5. The van der Waals surface area contributed by atoms with E-state index < -0.39 is 5.97 Å². The number of carbonyl (C=O) groups excluding carboxylic acids is 1. The Kier molecular flexibility index (Phi) is 8.52. The molecule has 2 N–H and O–H groups in total. The van der Waals surface area contributed by atoms with Gasteiger partial charge in [0.25, 0.3) is 5.91 Å². The first-order valence-electron chi connectivity index (χ1n) is 9.23. The Hall–Kier alpha value is -2.82. The van der Waals surface area contributed by atoms with Crippen LogP contribution in [-0.2, 0) is 0 Å². The molecule has 5 heteroatoms. The molecule has 27 heavy (non-hydrogen) atoms. The van der Waals surface area contributed by atoms with Crippen LogP contribution in [-0.4, -0.2) is 23.1 Å². The predicted octanol–water partition coefficient (Wildman–Crippen LogP) is 5.57. The van der Waals surface area contributed by atoms with Crippen LogP contribution >= 0.6 is 0 Å². The number of anilines is 1. The molecule has 0 unspecified atom stereocenters. The maximum Gasteiger partial charge on any atom is 0.335 e. The van der Waals surface area contributed by atoms with Crippen molar-refractivity contribution in [2.75, 3.05) is 5.32 Å². The lowest BCUT2D eigenvalue weighted by atomic mass is 9.99. The average Bonchev–Trinajstić information content (AvgIpc) is 2.63. The summed E-state index contributed by atoms with van der Waals surface area (Å²) in [6.07, 6.45) is 0.0601. The number of ether oxygens (including phenoxy) is 1. The van der Waals surface area contributed by atoms with E-state index in [0.29, 0.717) is 11.3 Å². The van der Waals surface area contributed by atoms with Crippen molar-refractivity contribution in [3.63, 3.8) is 0 Å². The molecule has 0 saturated heterocycles. The number of carboxylic acid groups (broad SMARTS) is 1. The standard InChI is InChI=1S/C20H23NO4.C2H6/c1-12(2)17-11-15(7-10-18(17)25-13(3)4)19(22)21-16-8-5-14(6-9-16)20(23)24;1-2/h5-13H,1-4H3,(H,21,22)(H,23,24);1-2H3. The Bertz CT molecular complexity index is 764. The first-order chi connectivity index (χ1) is 12.8. The molecular weight excluding hydrogens is 342 g/mol. The summed E-state index contributed by atoms with van der Waals surface area (Å²) in [7, 11) is 0. The smallest absolute Gasteiger partial charge is 0.335 e. The van der Waals surface area contributed by atoms with E-state index >= 15 is 0 Å². The van der Waals surface area contributed by atoms with Crippen LogP contribution in [0.5, 0.6) is 5.75 Å². The highest BCUT2D eigenvalue weighted by Crippen LogP contribution is 2.28. The van der Waals surface area contributed by atoms with Gasteiger partial charge in [0.1, 0.15) is 5.75 Å². The molecule has 0 spiro atoms. The summed E-state index contributed by atoms with van der Waals surface area (Å²) in [5, 5.41) is 11.7. The molecule has 0 aliphatic heterocycles. The third kappa shape index (κ3) is 6.44. The van der Waals surface area contributed by atoms with Crippen LogP contribution in [0.2, 0.25) is 0 Å². The molecule has 146 valence electrons. The number of rotatable bonds is 6. The summed E-state index contributed by atoms with van der Waals surface area (Å²) in [6.45, 7) is 12.0. The zero-order valence-corrected chi connectivity index (χ0v) is 16.9. The highest BCUT2D eigenvalue weighted by molar-refractivity contribution is 6.04. The van der Waals surface area contributed by atoms with E-state index in [1.165, 1.54) is 12.1 Å². The van der Waals surface area contributed by atoms with Crippen molar-refractivity contribution >= 4 is 17.6 Å². The molecule has 0 atom stereocenters. The summed E-state index contributed by atoms with van der Waals surface area (Å²) in [6, 6.07) is 11.4. The third-order valence-corrected chi connectivity index (χ3v) is 3.65. The fourth-order valence-corrected chi connectivity index (χ4v) is 2.40. The number of amides is 1. The van der Waals surface area contributed by atoms with Gasteiger partial charge in [-0.15, -0.1) is 0 Å². The van der Waals surface area contributed by atoms with Crippen LogP contribution in [0, 0.1) is 0 Å². The van der Waals surface area contributed by atoms with Crippen LogP contribution in [0.3, 0.4) is 0 Å². The number of hydrogen-bond acceptors (Lipinski definition) is 3. The van der Waals surface area contributed by atoms with Crippen molar-refractivity contribution in [3.8, 4) is 5.75 Å². The Morgan fingerprint density at radius 3 is 1.96 bits per heavy atom. The van der Waals surface area contributed by atoms with Gasteiger partial charge in [-0.3, -0.25) is 4.79 Å². The molecule has 0 aliphatic rings. The van der Waals surface area contributed by atoms with Crippen molar-refractivity contribution in [3.05, 3.63) is 59.2 Å². The topological polar surface area (TPSA) is 75.6 Å². The summed E-state index contributed by atoms with van der Waals surface area (Å²) in [5.41, 5.74) is 2.23. The quantitative estimate of drug-likeness (QED) is 0.695. The van der Waals surface area contributed by atoms with Gasteiger partial charge < -0.3 is 15.2 Å². The zero-order valence-electron chi connectivity index (χ0n) is 16.9. The van der Waals surface area contributed by atoms with E-state index in [0.717, 1.165) is 11.3 Å². The van der Waals surface area contributed by atoms with Gasteiger partial charge in [0.15, 0.2) is 0 Å². The number of hydrogen-bond donors (Lipinski definition) is 2. The first kappa shape index (κ1) is 22.2. The Balaban J connectivity index is 0.00000176. The van der Waals surface area contributed by atoms with Gasteiger partial charge in [0.05, 0.1) is 11.7 Å². The molecule has 0 aromatic heterocycles. The second-order valence-electron chi connectivity index (χ2n) is 6.41. The van der Waals surface area contributed by atoms with E-state index in [1.54, 1.807) is 18.2 Å². The summed E-state index contributed by atoms with van der Waals surface area (Å²) in [4.78, 5) is 23.3. The molecule has 0 bridgehead atoms. The minimum Gasteiger partial charge on any atom is -0.491 e. The predicted molar refractivity (Wildman–Crippen MR) is 109 cm³/mol. The number of carboxylic acids is 1. The lowest BCUT2D eigenvalue weighted by Gasteiger charge is -2.17.